The third-order valence-corrected chi connectivity index (χ3v) is 2.03. The van der Waals surface area contributed by atoms with Crippen molar-refractivity contribution in [1.29, 1.82) is 0 Å². The summed E-state index contributed by atoms with van der Waals surface area (Å²) in [5, 5.41) is 2.45. The average Bonchev–Trinajstić information content (AvgIpc) is 2.19. The Labute approximate surface area is 77.7 Å². The second-order valence-electron chi connectivity index (χ2n) is 2.89. The zero-order valence-electron chi connectivity index (χ0n) is 7.57. The van der Waals surface area contributed by atoms with Crippen molar-refractivity contribution in [3.8, 4) is 0 Å². The number of benzene rings is 2. The molecule has 0 aromatic heterocycles. The smallest absolute Gasteiger partial charge is 0.0703 e. The van der Waals surface area contributed by atoms with Crippen LogP contribution in [0.4, 0.5) is 5.69 Å². The van der Waals surface area contributed by atoms with Crippen LogP contribution in [-0.2, 0) is 0 Å². The molecule has 0 unspecified atom stereocenters. The second kappa shape index (κ2) is 3.40. The second-order valence-corrected chi connectivity index (χ2v) is 2.89. The predicted octanol–water partition coefficient (Wildman–Crippen LogP) is 3.56. The molecule has 0 N–H and O–H groups in total. The number of rotatable bonds is 1. The van der Waals surface area contributed by atoms with E-state index in [1.807, 2.05) is 37.4 Å². The van der Waals surface area contributed by atoms with E-state index in [4.69, 9.17) is 0 Å². The largest absolute Gasteiger partial charge is 0.261 e. The molecule has 0 aliphatic heterocycles. The molecule has 0 saturated heterocycles. The Kier molecular flexibility index (Phi) is 2.09. The molecule has 1 heteroatoms. The van der Waals surface area contributed by atoms with Gasteiger partial charge in [0.2, 0.25) is 0 Å². The van der Waals surface area contributed by atoms with Crippen LogP contribution in [0.1, 0.15) is 6.92 Å². The van der Waals surface area contributed by atoms with Crippen molar-refractivity contribution in [3.63, 3.8) is 0 Å². The molecule has 0 aliphatic carbocycles. The van der Waals surface area contributed by atoms with Crippen molar-refractivity contribution in [2.24, 2.45) is 4.99 Å². The highest BCUT2D eigenvalue weighted by Gasteiger charge is 1.95. The molecule has 0 bridgehead atoms. The zero-order valence-corrected chi connectivity index (χ0v) is 7.57. The monoisotopic (exact) mass is 169 g/mol. The van der Waals surface area contributed by atoms with Crippen LogP contribution in [0.25, 0.3) is 10.8 Å². The van der Waals surface area contributed by atoms with E-state index in [1.54, 1.807) is 0 Å². The highest BCUT2D eigenvalue weighted by Crippen LogP contribution is 2.24. The molecule has 0 spiro atoms. The van der Waals surface area contributed by atoms with Crippen LogP contribution in [0.2, 0.25) is 0 Å². The van der Waals surface area contributed by atoms with Crippen LogP contribution in [0.15, 0.2) is 47.5 Å². The first-order valence-electron chi connectivity index (χ1n) is 4.38. The molecule has 0 amide bonds. The topological polar surface area (TPSA) is 12.4 Å². The Morgan fingerprint density at radius 1 is 1.00 bits per heavy atom. The van der Waals surface area contributed by atoms with Gasteiger partial charge >= 0.3 is 0 Å². The molecule has 0 fully saturated rings. The van der Waals surface area contributed by atoms with Gasteiger partial charge in [0.05, 0.1) is 5.69 Å². The summed E-state index contributed by atoms with van der Waals surface area (Å²) in [6.07, 6.45) is 1.82. The fraction of sp³-hybridized carbons (Fsp3) is 0.0833. The van der Waals surface area contributed by atoms with Gasteiger partial charge in [-0.2, -0.15) is 0 Å². The number of aliphatic imine (C=N–C) groups is 1. The minimum Gasteiger partial charge on any atom is -0.261 e. The van der Waals surface area contributed by atoms with E-state index in [9.17, 15) is 0 Å². The number of fused-ring (bicyclic) bond motifs is 1. The zero-order chi connectivity index (χ0) is 9.10. The van der Waals surface area contributed by atoms with E-state index in [1.165, 1.54) is 10.8 Å². The van der Waals surface area contributed by atoms with Gasteiger partial charge in [0.25, 0.3) is 0 Å². The standard InChI is InChI=1S/C12H11N/c1-2-13-12-9-5-7-10-6-3-4-8-11(10)12/h2-9H,1H3. The highest BCUT2D eigenvalue weighted by molar-refractivity contribution is 5.93. The lowest BCUT2D eigenvalue weighted by Gasteiger charge is -1.99. The van der Waals surface area contributed by atoms with Crippen molar-refractivity contribution < 1.29 is 0 Å². The maximum absolute atomic E-state index is 4.31. The molecule has 1 nitrogen and oxygen atoms in total. The third-order valence-electron chi connectivity index (χ3n) is 2.03. The number of hydrogen-bond acceptors (Lipinski definition) is 1. The Hall–Kier alpha value is -1.63. The average molecular weight is 169 g/mol. The minimum absolute atomic E-state index is 1.04. The molecule has 2 rings (SSSR count). The van der Waals surface area contributed by atoms with Gasteiger partial charge in [0.1, 0.15) is 0 Å². The molecule has 13 heavy (non-hydrogen) atoms. The maximum atomic E-state index is 4.31. The van der Waals surface area contributed by atoms with Crippen molar-refractivity contribution in [2.75, 3.05) is 0 Å². The summed E-state index contributed by atoms with van der Waals surface area (Å²) in [5.41, 5.74) is 1.04. The Morgan fingerprint density at radius 2 is 1.77 bits per heavy atom. The van der Waals surface area contributed by atoms with Crippen LogP contribution in [0.5, 0.6) is 0 Å². The molecule has 64 valence electrons. The summed E-state index contributed by atoms with van der Waals surface area (Å²) in [7, 11) is 0. The first-order chi connectivity index (χ1) is 6.42. The molecule has 2 aromatic carbocycles. The lowest BCUT2D eigenvalue weighted by atomic mass is 10.1. The quantitative estimate of drug-likeness (QED) is 0.579. The molecule has 0 aliphatic rings. The molecule has 2 aromatic rings. The first-order valence-corrected chi connectivity index (χ1v) is 4.38. The van der Waals surface area contributed by atoms with Crippen LogP contribution in [-0.4, -0.2) is 6.21 Å². The molecule has 0 heterocycles. The predicted molar refractivity (Wildman–Crippen MR) is 57.8 cm³/mol. The van der Waals surface area contributed by atoms with Crippen LogP contribution >= 0.6 is 0 Å². The maximum Gasteiger partial charge on any atom is 0.0703 e. The van der Waals surface area contributed by atoms with Gasteiger partial charge in [-0.1, -0.05) is 36.4 Å². The van der Waals surface area contributed by atoms with E-state index in [0.29, 0.717) is 0 Å². The van der Waals surface area contributed by atoms with Gasteiger partial charge in [-0.15, -0.1) is 0 Å². The van der Waals surface area contributed by atoms with Gasteiger partial charge < -0.3 is 0 Å². The van der Waals surface area contributed by atoms with Gasteiger partial charge in [-0.3, -0.25) is 4.99 Å². The van der Waals surface area contributed by atoms with Crippen LogP contribution < -0.4 is 0 Å². The van der Waals surface area contributed by atoms with Gasteiger partial charge in [0, 0.05) is 11.6 Å². The number of nitrogens with zero attached hydrogens (tertiary/aromatic N) is 1. The molecule has 0 atom stereocenters. The molecule has 0 saturated carbocycles. The fourth-order valence-electron chi connectivity index (χ4n) is 1.46. The molecular weight excluding hydrogens is 158 g/mol. The van der Waals surface area contributed by atoms with Crippen LogP contribution in [0.3, 0.4) is 0 Å². The lowest BCUT2D eigenvalue weighted by Crippen LogP contribution is -1.72. The van der Waals surface area contributed by atoms with Gasteiger partial charge in [-0.05, 0) is 18.4 Å². The fourth-order valence-corrected chi connectivity index (χ4v) is 1.46. The molecular formula is C12H11N. The summed E-state index contributed by atoms with van der Waals surface area (Å²) in [6, 6.07) is 14.4. The Bertz CT molecular complexity index is 438. The van der Waals surface area contributed by atoms with Crippen LogP contribution in [0, 0.1) is 0 Å². The SMILES string of the molecule is CC=Nc1cccc2ccccc12. The first kappa shape index (κ1) is 7.99. The van der Waals surface area contributed by atoms with Crippen molar-refractivity contribution in [3.05, 3.63) is 42.5 Å². The number of hydrogen-bond donors (Lipinski definition) is 0. The molecule has 0 radical (unpaired) electrons. The van der Waals surface area contributed by atoms with Crippen molar-refractivity contribution in [2.45, 2.75) is 6.92 Å². The van der Waals surface area contributed by atoms with E-state index in [-0.39, 0.29) is 0 Å². The lowest BCUT2D eigenvalue weighted by molar-refractivity contribution is 1.57. The van der Waals surface area contributed by atoms with Crippen molar-refractivity contribution >= 4 is 22.7 Å². The summed E-state index contributed by atoms with van der Waals surface area (Å²) >= 11 is 0. The summed E-state index contributed by atoms with van der Waals surface area (Å²) in [6.45, 7) is 1.93. The van der Waals surface area contributed by atoms with E-state index >= 15 is 0 Å². The minimum atomic E-state index is 1.04. The van der Waals surface area contributed by atoms with E-state index in [2.05, 4.69) is 23.2 Å². The normalized spacial score (nSPS) is 11.2. The summed E-state index contributed by atoms with van der Waals surface area (Å²) in [4.78, 5) is 4.31. The Morgan fingerprint density at radius 3 is 2.62 bits per heavy atom. The van der Waals surface area contributed by atoms with E-state index < -0.39 is 0 Å². The van der Waals surface area contributed by atoms with Gasteiger partial charge in [-0.25, -0.2) is 0 Å². The van der Waals surface area contributed by atoms with Crippen molar-refractivity contribution in [1.82, 2.24) is 0 Å². The van der Waals surface area contributed by atoms with E-state index in [0.717, 1.165) is 5.69 Å². The Balaban J connectivity index is 2.75. The summed E-state index contributed by atoms with van der Waals surface area (Å²) < 4.78 is 0. The third kappa shape index (κ3) is 1.45. The van der Waals surface area contributed by atoms with Gasteiger partial charge in [0.15, 0.2) is 0 Å². The highest BCUT2D eigenvalue weighted by atomic mass is 14.7. The summed E-state index contributed by atoms with van der Waals surface area (Å²) in [5.74, 6) is 0.